The Bertz CT molecular complexity index is 1360. The zero-order chi connectivity index (χ0) is 35.6. The van der Waals surface area contributed by atoms with Gasteiger partial charge in [-0.25, -0.2) is 0 Å². The van der Waals surface area contributed by atoms with Crippen LogP contribution in [0.3, 0.4) is 0 Å². The van der Waals surface area contributed by atoms with E-state index in [0.717, 1.165) is 77.1 Å². The maximum atomic E-state index is 12.8. The fraction of sp³-hybridized carbons (Fsp3) is 0.804. The number of thiocarbonyl (C=S) groups is 1. The minimum absolute atomic E-state index is 0.170. The van der Waals surface area contributed by atoms with E-state index in [1.165, 1.54) is 99.3 Å². The Hall–Kier alpha value is -1.40. The van der Waals surface area contributed by atoms with Gasteiger partial charge in [0.05, 0.1) is 5.25 Å². The van der Waals surface area contributed by atoms with E-state index >= 15 is 0 Å². The van der Waals surface area contributed by atoms with E-state index in [0.29, 0.717) is 10.7 Å². The molecule has 6 aliphatic carbocycles. The van der Waals surface area contributed by atoms with E-state index in [1.54, 1.807) is 64.2 Å². The highest BCUT2D eigenvalue weighted by atomic mass is 32.2. The number of thioether (sulfide) groups is 1. The Morgan fingerprint density at radius 3 is 2.02 bits per heavy atom. The lowest BCUT2D eigenvalue weighted by molar-refractivity contribution is -0.141. The largest absolute Gasteiger partial charge is 0.480 e. The molecule has 1 heterocycles. The van der Waals surface area contributed by atoms with Crippen LogP contribution in [0.15, 0.2) is 24.3 Å². The van der Waals surface area contributed by atoms with Crippen LogP contribution in [0.5, 0.6) is 0 Å². The van der Waals surface area contributed by atoms with E-state index in [9.17, 15) is 9.59 Å². The number of carbonyl (C=O) groups excluding carboxylic acids is 1. The monoisotopic (exact) mass is 745 g/mol. The fourth-order valence-corrected chi connectivity index (χ4v) is 15.5. The first-order chi connectivity index (χ1) is 25.4. The maximum Gasteiger partial charge on any atom is 0.323 e. The van der Waals surface area contributed by atoms with Crippen molar-refractivity contribution in [2.24, 2.45) is 65.1 Å². The first kappa shape index (κ1) is 37.5. The first-order valence-electron chi connectivity index (χ1n) is 22.2. The summed E-state index contributed by atoms with van der Waals surface area (Å²) >= 11 is 6.63. The number of rotatable bonds is 12. The smallest absolute Gasteiger partial charge is 0.323 e. The quantitative estimate of drug-likeness (QED) is 0.216. The highest BCUT2D eigenvalue weighted by Crippen LogP contribution is 2.63. The number of benzene rings is 1. The van der Waals surface area contributed by atoms with Gasteiger partial charge in [0.25, 0.3) is 0 Å². The first-order valence-corrected chi connectivity index (χ1v) is 23.5. The second-order valence-electron chi connectivity index (χ2n) is 19.1. The summed E-state index contributed by atoms with van der Waals surface area (Å²) in [4.78, 5) is 25.2. The van der Waals surface area contributed by atoms with E-state index in [1.807, 2.05) is 0 Å². The average Bonchev–Trinajstić information content (AvgIpc) is 3.84. The molecule has 1 saturated heterocycles. The zero-order valence-electron chi connectivity index (χ0n) is 31.9. The highest BCUT2D eigenvalue weighted by molar-refractivity contribution is 8.24. The van der Waals surface area contributed by atoms with Crippen LogP contribution in [0.1, 0.15) is 152 Å². The Kier molecular flexibility index (Phi) is 12.4. The van der Waals surface area contributed by atoms with Crippen molar-refractivity contribution in [1.29, 1.82) is 0 Å². The molecule has 7 fully saturated rings. The van der Waals surface area contributed by atoms with Gasteiger partial charge in [0.1, 0.15) is 10.9 Å². The molecule has 6 heteroatoms. The van der Waals surface area contributed by atoms with Crippen molar-refractivity contribution >= 4 is 40.2 Å². The molecule has 1 aliphatic heterocycles. The molecule has 1 amide bonds. The lowest BCUT2D eigenvalue weighted by atomic mass is 9.62. The molecule has 8 rings (SSSR count). The summed E-state index contributed by atoms with van der Waals surface area (Å²) in [5.41, 5.74) is 2.54. The van der Waals surface area contributed by atoms with Gasteiger partial charge in [0.2, 0.25) is 5.91 Å². The Labute approximate surface area is 324 Å². The summed E-state index contributed by atoms with van der Waals surface area (Å²) in [6.07, 6.45) is 35.2. The molecule has 7 aliphatic rings. The van der Waals surface area contributed by atoms with Crippen molar-refractivity contribution in [1.82, 2.24) is 4.90 Å². The molecule has 1 aromatic carbocycles. The third-order valence-corrected chi connectivity index (χ3v) is 17.9. The summed E-state index contributed by atoms with van der Waals surface area (Å²) in [6, 6.07) is 8.88. The number of carboxylic acids is 1. The molecule has 0 spiro atoms. The molecule has 286 valence electrons. The molecule has 0 radical (unpaired) electrons. The van der Waals surface area contributed by atoms with E-state index in [2.05, 4.69) is 24.3 Å². The number of fused-ring (bicyclic) bond motifs is 3. The van der Waals surface area contributed by atoms with Gasteiger partial charge in [0, 0.05) is 0 Å². The predicted octanol–water partition coefficient (Wildman–Crippen LogP) is 11.5. The van der Waals surface area contributed by atoms with Gasteiger partial charge in [-0.05, 0) is 140 Å². The number of nitrogens with zero attached hydrogens (tertiary/aromatic N) is 1. The number of amides is 1. The number of carboxylic acid groups (broad SMARTS) is 1. The standard InChI is InChI=1S/C46H67NO3S2/c48-43(49)29-47-45(50)42(52-46(47)51)28-33-18-15-30(16-19-33)14-17-31-22-25-39-41(27-31)37-12-7-13-38(37)44(39)36-23-20-32(21-24-36)26-40(34-8-3-1-4-9-34)35-10-5-2-6-11-35/h15-16,18-19,31-32,34-42,44H,1-14,17,20-29H2,(H,48,49). The van der Waals surface area contributed by atoms with Crippen molar-refractivity contribution in [2.45, 2.75) is 159 Å². The molecule has 4 nitrogen and oxygen atoms in total. The summed E-state index contributed by atoms with van der Waals surface area (Å²) in [5.74, 6) is 10.1. The molecular formula is C46H67NO3S2. The SMILES string of the molecule is O=C(O)CN1C(=O)C(Cc2ccc(CCC3CCC4C(C3)C3CCCC3C4C3CCC(CC(C4CCCCC4)C4CCCCC4)CC3)cc2)SC1=S. The Morgan fingerprint density at radius 2 is 1.35 bits per heavy atom. The summed E-state index contributed by atoms with van der Waals surface area (Å²) < 4.78 is 0.386. The van der Waals surface area contributed by atoms with Gasteiger partial charge in [-0.1, -0.05) is 138 Å². The number of aliphatic carboxylic acids is 1. The van der Waals surface area contributed by atoms with Crippen LogP contribution in [0, 0.1) is 65.1 Å². The second kappa shape index (κ2) is 17.2. The summed E-state index contributed by atoms with van der Waals surface area (Å²) in [5, 5.41) is 8.83. The molecule has 0 aromatic heterocycles. The Morgan fingerprint density at radius 1 is 0.731 bits per heavy atom. The molecule has 0 bridgehead atoms. The number of aryl methyl sites for hydroxylation is 1. The fourth-order valence-electron chi connectivity index (χ4n) is 14.0. The molecule has 1 N–H and O–H groups in total. The minimum Gasteiger partial charge on any atom is -0.480 e. The van der Waals surface area contributed by atoms with Crippen molar-refractivity contribution in [3.8, 4) is 0 Å². The lowest BCUT2D eigenvalue weighted by Crippen LogP contribution is -2.36. The van der Waals surface area contributed by atoms with Crippen LogP contribution in [0.2, 0.25) is 0 Å². The molecule has 52 heavy (non-hydrogen) atoms. The van der Waals surface area contributed by atoms with Crippen LogP contribution in [-0.2, 0) is 22.4 Å². The van der Waals surface area contributed by atoms with Crippen molar-refractivity contribution in [2.75, 3.05) is 6.54 Å². The van der Waals surface area contributed by atoms with Gasteiger partial charge >= 0.3 is 5.97 Å². The van der Waals surface area contributed by atoms with E-state index < -0.39 is 5.97 Å². The lowest BCUT2D eigenvalue weighted by Gasteiger charge is -2.43. The maximum absolute atomic E-state index is 12.8. The van der Waals surface area contributed by atoms with Gasteiger partial charge in [-0.3, -0.25) is 14.5 Å². The normalized spacial score (nSPS) is 36.0. The van der Waals surface area contributed by atoms with Gasteiger partial charge in [0.15, 0.2) is 0 Å². The average molecular weight is 746 g/mol. The van der Waals surface area contributed by atoms with Crippen LogP contribution >= 0.6 is 24.0 Å². The number of hydrogen-bond donors (Lipinski definition) is 1. The van der Waals surface area contributed by atoms with Crippen LogP contribution < -0.4 is 0 Å². The van der Waals surface area contributed by atoms with Crippen LogP contribution in [0.4, 0.5) is 0 Å². The molecular weight excluding hydrogens is 679 g/mol. The predicted molar refractivity (Wildman–Crippen MR) is 217 cm³/mol. The molecule has 7 unspecified atom stereocenters. The molecule has 6 saturated carbocycles. The van der Waals surface area contributed by atoms with Gasteiger partial charge in [-0.15, -0.1) is 0 Å². The second-order valence-corrected chi connectivity index (χ2v) is 20.9. The highest BCUT2D eigenvalue weighted by Gasteiger charge is 2.55. The zero-order valence-corrected chi connectivity index (χ0v) is 33.6. The summed E-state index contributed by atoms with van der Waals surface area (Å²) in [6.45, 7) is -0.340. The third kappa shape index (κ3) is 8.38. The molecule has 1 aromatic rings. The van der Waals surface area contributed by atoms with E-state index in [-0.39, 0.29) is 17.7 Å². The van der Waals surface area contributed by atoms with Gasteiger partial charge in [-0.2, -0.15) is 0 Å². The minimum atomic E-state index is -1.02. The Balaban J connectivity index is 0.821. The van der Waals surface area contributed by atoms with E-state index in [4.69, 9.17) is 17.3 Å². The number of hydrogen-bond acceptors (Lipinski definition) is 4. The summed E-state index contributed by atoms with van der Waals surface area (Å²) in [7, 11) is 0. The topological polar surface area (TPSA) is 57.6 Å². The van der Waals surface area contributed by atoms with Crippen molar-refractivity contribution in [3.05, 3.63) is 35.4 Å². The van der Waals surface area contributed by atoms with Crippen LogP contribution in [-0.4, -0.2) is 38.0 Å². The molecule has 7 atom stereocenters. The van der Waals surface area contributed by atoms with Crippen LogP contribution in [0.25, 0.3) is 0 Å². The van der Waals surface area contributed by atoms with Crippen molar-refractivity contribution < 1.29 is 14.7 Å². The van der Waals surface area contributed by atoms with Crippen molar-refractivity contribution in [3.63, 3.8) is 0 Å². The third-order valence-electron chi connectivity index (χ3n) is 16.4. The van der Waals surface area contributed by atoms with Gasteiger partial charge < -0.3 is 5.11 Å². The number of carbonyl (C=O) groups is 2.